The zero-order valence-corrected chi connectivity index (χ0v) is 13.2. The van der Waals surface area contributed by atoms with Crippen LogP contribution < -0.4 is 5.73 Å². The Bertz CT molecular complexity index is 353. The molecule has 1 saturated carbocycles. The molecule has 0 amide bonds. The lowest BCUT2D eigenvalue weighted by Crippen LogP contribution is -2.54. The molecule has 19 heavy (non-hydrogen) atoms. The molecule has 2 N–H and O–H groups in total. The molecule has 0 bridgehead atoms. The van der Waals surface area contributed by atoms with E-state index >= 15 is 0 Å². The number of nitrogens with zero attached hydrogens (tertiary/aromatic N) is 1. The Labute approximate surface area is 122 Å². The van der Waals surface area contributed by atoms with Crippen LogP contribution in [0.1, 0.15) is 43.9 Å². The highest BCUT2D eigenvalue weighted by Crippen LogP contribution is 2.36. The third-order valence-electron chi connectivity index (χ3n) is 5.08. The molecule has 108 valence electrons. The number of hydrogen-bond donors (Lipinski definition) is 1. The Kier molecular flexibility index (Phi) is 5.43. The number of hydrogen-bond acceptors (Lipinski definition) is 3. The van der Waals surface area contributed by atoms with Gasteiger partial charge in [-0.3, -0.25) is 4.90 Å². The van der Waals surface area contributed by atoms with Crippen molar-refractivity contribution in [1.82, 2.24) is 4.90 Å². The Morgan fingerprint density at radius 1 is 1.42 bits per heavy atom. The number of thiophene rings is 1. The third kappa shape index (κ3) is 3.59. The Morgan fingerprint density at radius 3 is 2.68 bits per heavy atom. The van der Waals surface area contributed by atoms with Crippen molar-refractivity contribution < 1.29 is 0 Å². The predicted molar refractivity (Wildman–Crippen MR) is 84.7 cm³/mol. The summed E-state index contributed by atoms with van der Waals surface area (Å²) in [6.07, 6.45) is 7.77. The van der Waals surface area contributed by atoms with Crippen molar-refractivity contribution in [2.24, 2.45) is 11.7 Å². The SMILES string of the molecule is CCC1CCC(CN)(N(C)CCc2cccs2)CC1. The predicted octanol–water partition coefficient (Wildman–Crippen LogP) is 3.52. The summed E-state index contributed by atoms with van der Waals surface area (Å²) in [4.78, 5) is 4.03. The molecule has 0 radical (unpaired) electrons. The van der Waals surface area contributed by atoms with E-state index in [2.05, 4.69) is 36.4 Å². The van der Waals surface area contributed by atoms with E-state index in [0.717, 1.165) is 25.4 Å². The second-order valence-corrected chi connectivity index (χ2v) is 7.06. The minimum atomic E-state index is 0.267. The molecule has 0 aromatic carbocycles. The van der Waals surface area contributed by atoms with Gasteiger partial charge in [-0.05, 0) is 56.5 Å². The van der Waals surface area contributed by atoms with Gasteiger partial charge in [-0.1, -0.05) is 19.4 Å². The quantitative estimate of drug-likeness (QED) is 0.864. The molecule has 1 fully saturated rings. The Morgan fingerprint density at radius 2 is 2.16 bits per heavy atom. The summed E-state index contributed by atoms with van der Waals surface area (Å²) >= 11 is 1.86. The van der Waals surface area contributed by atoms with Crippen molar-refractivity contribution in [2.45, 2.75) is 51.0 Å². The molecule has 0 atom stereocenters. The smallest absolute Gasteiger partial charge is 0.0329 e. The number of rotatable bonds is 6. The van der Waals surface area contributed by atoms with Gasteiger partial charge in [0.15, 0.2) is 0 Å². The van der Waals surface area contributed by atoms with Crippen molar-refractivity contribution in [3.05, 3.63) is 22.4 Å². The minimum Gasteiger partial charge on any atom is -0.329 e. The summed E-state index contributed by atoms with van der Waals surface area (Å²) in [5, 5.41) is 2.17. The first-order valence-electron chi connectivity index (χ1n) is 7.64. The standard InChI is InChI=1S/C16H28N2S/c1-3-14-6-9-16(13-17,10-7-14)18(2)11-8-15-5-4-12-19-15/h4-5,12,14H,3,6-11,13,17H2,1-2H3. The molecule has 1 heterocycles. The van der Waals surface area contributed by atoms with Gasteiger partial charge >= 0.3 is 0 Å². The Hall–Kier alpha value is -0.380. The van der Waals surface area contributed by atoms with Crippen molar-refractivity contribution in [3.63, 3.8) is 0 Å². The van der Waals surface area contributed by atoms with Crippen molar-refractivity contribution >= 4 is 11.3 Å². The first-order chi connectivity index (χ1) is 9.20. The monoisotopic (exact) mass is 280 g/mol. The van der Waals surface area contributed by atoms with E-state index < -0.39 is 0 Å². The lowest BCUT2D eigenvalue weighted by atomic mass is 9.74. The first kappa shape index (κ1) is 15.0. The van der Waals surface area contributed by atoms with E-state index in [-0.39, 0.29) is 5.54 Å². The molecule has 1 aliphatic carbocycles. The number of nitrogens with two attached hydrogens (primary N) is 1. The van der Waals surface area contributed by atoms with Crippen LogP contribution in [0.15, 0.2) is 17.5 Å². The van der Waals surface area contributed by atoms with Gasteiger partial charge in [-0.25, -0.2) is 0 Å². The van der Waals surface area contributed by atoms with Gasteiger partial charge in [0.1, 0.15) is 0 Å². The zero-order chi connectivity index (χ0) is 13.7. The second kappa shape index (κ2) is 6.87. The van der Waals surface area contributed by atoms with E-state index in [0.29, 0.717) is 0 Å². The van der Waals surface area contributed by atoms with E-state index in [4.69, 9.17) is 5.73 Å². The normalized spacial score (nSPS) is 27.9. The molecular formula is C16H28N2S. The van der Waals surface area contributed by atoms with Crippen molar-refractivity contribution in [3.8, 4) is 0 Å². The van der Waals surface area contributed by atoms with Crippen LogP contribution in [0.3, 0.4) is 0 Å². The maximum atomic E-state index is 6.14. The maximum absolute atomic E-state index is 6.14. The van der Waals surface area contributed by atoms with Crippen LogP contribution in [0.2, 0.25) is 0 Å². The summed E-state index contributed by atoms with van der Waals surface area (Å²) in [5.74, 6) is 0.936. The fraction of sp³-hybridized carbons (Fsp3) is 0.750. The second-order valence-electron chi connectivity index (χ2n) is 6.03. The third-order valence-corrected chi connectivity index (χ3v) is 6.01. The summed E-state index contributed by atoms with van der Waals surface area (Å²) in [6, 6.07) is 4.38. The summed E-state index contributed by atoms with van der Waals surface area (Å²) in [5.41, 5.74) is 6.40. The van der Waals surface area contributed by atoms with Crippen LogP contribution in [0.5, 0.6) is 0 Å². The van der Waals surface area contributed by atoms with Gasteiger partial charge in [0.25, 0.3) is 0 Å². The van der Waals surface area contributed by atoms with E-state index in [9.17, 15) is 0 Å². The van der Waals surface area contributed by atoms with Crippen LogP contribution in [-0.4, -0.2) is 30.6 Å². The minimum absolute atomic E-state index is 0.267. The van der Waals surface area contributed by atoms with Crippen LogP contribution in [0, 0.1) is 5.92 Å². The van der Waals surface area contributed by atoms with Crippen molar-refractivity contribution in [1.29, 1.82) is 0 Å². The molecule has 1 aromatic heterocycles. The van der Waals surface area contributed by atoms with Gasteiger partial charge in [0, 0.05) is 23.5 Å². The zero-order valence-electron chi connectivity index (χ0n) is 12.4. The van der Waals surface area contributed by atoms with Gasteiger partial charge < -0.3 is 5.73 Å². The molecule has 0 unspecified atom stereocenters. The lowest BCUT2D eigenvalue weighted by Gasteiger charge is -2.46. The summed E-state index contributed by atoms with van der Waals surface area (Å²) < 4.78 is 0. The molecule has 0 spiro atoms. The molecule has 0 saturated heterocycles. The molecule has 3 heteroatoms. The van der Waals surface area contributed by atoms with Gasteiger partial charge in [-0.15, -0.1) is 11.3 Å². The Balaban J connectivity index is 1.89. The van der Waals surface area contributed by atoms with E-state index in [1.807, 2.05) is 11.3 Å². The molecule has 2 nitrogen and oxygen atoms in total. The highest BCUT2D eigenvalue weighted by Gasteiger charge is 2.36. The van der Waals surface area contributed by atoms with Gasteiger partial charge in [0.05, 0.1) is 0 Å². The number of likely N-dealkylation sites (N-methyl/N-ethyl adjacent to an activating group) is 1. The molecule has 1 aromatic rings. The van der Waals surface area contributed by atoms with Crippen LogP contribution in [0.4, 0.5) is 0 Å². The van der Waals surface area contributed by atoms with Gasteiger partial charge in [-0.2, -0.15) is 0 Å². The average molecular weight is 280 g/mol. The van der Waals surface area contributed by atoms with E-state index in [1.54, 1.807) is 0 Å². The van der Waals surface area contributed by atoms with Crippen LogP contribution >= 0.6 is 11.3 Å². The largest absolute Gasteiger partial charge is 0.329 e. The topological polar surface area (TPSA) is 29.3 Å². The van der Waals surface area contributed by atoms with Crippen LogP contribution in [0.25, 0.3) is 0 Å². The fourth-order valence-corrected chi connectivity index (χ4v) is 4.03. The average Bonchev–Trinajstić information content (AvgIpc) is 2.98. The molecular weight excluding hydrogens is 252 g/mol. The lowest BCUT2D eigenvalue weighted by molar-refractivity contribution is 0.0652. The maximum Gasteiger partial charge on any atom is 0.0329 e. The molecule has 2 rings (SSSR count). The summed E-state index contributed by atoms with van der Waals surface area (Å²) in [6.45, 7) is 4.26. The van der Waals surface area contributed by atoms with E-state index in [1.165, 1.54) is 37.0 Å². The van der Waals surface area contributed by atoms with Crippen molar-refractivity contribution in [2.75, 3.05) is 20.1 Å². The van der Waals surface area contributed by atoms with Crippen LogP contribution in [-0.2, 0) is 6.42 Å². The highest BCUT2D eigenvalue weighted by molar-refractivity contribution is 7.09. The highest BCUT2D eigenvalue weighted by atomic mass is 32.1. The summed E-state index contributed by atoms with van der Waals surface area (Å²) in [7, 11) is 2.27. The fourth-order valence-electron chi connectivity index (χ4n) is 3.33. The van der Waals surface area contributed by atoms with Gasteiger partial charge in [0.2, 0.25) is 0 Å². The molecule has 1 aliphatic rings. The molecule has 0 aliphatic heterocycles. The first-order valence-corrected chi connectivity index (χ1v) is 8.52.